The molecule has 0 bridgehead atoms. The third kappa shape index (κ3) is 5.59. The summed E-state index contributed by atoms with van der Waals surface area (Å²) in [7, 11) is 0. The molecule has 5 nitrogen and oxygen atoms in total. The van der Waals surface area contributed by atoms with Crippen LogP contribution in [0.1, 0.15) is 51.9 Å². The van der Waals surface area contributed by atoms with Gasteiger partial charge in [0.1, 0.15) is 0 Å². The summed E-state index contributed by atoms with van der Waals surface area (Å²) in [5, 5.41) is 2.78. The maximum atomic E-state index is 11.9. The smallest absolute Gasteiger partial charge is 0.307 e. The Labute approximate surface area is 115 Å². The Hall–Kier alpha value is -1.10. The monoisotopic (exact) mass is 270 g/mol. The highest BCUT2D eigenvalue weighted by Crippen LogP contribution is 2.38. The van der Waals surface area contributed by atoms with E-state index in [2.05, 4.69) is 5.32 Å². The van der Waals surface area contributed by atoms with Gasteiger partial charge in [-0.1, -0.05) is 19.3 Å². The molecular weight excluding hydrogens is 244 g/mol. The zero-order valence-corrected chi connectivity index (χ0v) is 11.9. The van der Waals surface area contributed by atoms with Crippen LogP contribution < -0.4 is 11.1 Å². The minimum Gasteiger partial charge on any atom is -0.466 e. The molecule has 3 N–H and O–H groups in total. The van der Waals surface area contributed by atoms with Gasteiger partial charge >= 0.3 is 5.97 Å². The molecule has 1 aliphatic carbocycles. The number of rotatable bonds is 7. The Kier molecular flexibility index (Phi) is 6.84. The molecule has 0 aromatic carbocycles. The van der Waals surface area contributed by atoms with E-state index < -0.39 is 0 Å². The van der Waals surface area contributed by atoms with Crippen molar-refractivity contribution < 1.29 is 14.3 Å². The number of carbonyl (C=O) groups is 2. The summed E-state index contributed by atoms with van der Waals surface area (Å²) in [6.45, 7) is 3.06. The molecule has 0 heterocycles. The van der Waals surface area contributed by atoms with Crippen LogP contribution >= 0.6 is 0 Å². The highest BCUT2D eigenvalue weighted by Gasteiger charge is 2.32. The van der Waals surface area contributed by atoms with E-state index in [9.17, 15) is 9.59 Å². The van der Waals surface area contributed by atoms with Crippen LogP contribution in [0.25, 0.3) is 0 Å². The summed E-state index contributed by atoms with van der Waals surface area (Å²) in [5.41, 5.74) is 5.83. The SMILES string of the molecule is CCOC(=O)CCNC(=O)CC1(CN)CCCCC1. The number of nitrogens with one attached hydrogen (secondary N) is 1. The predicted octanol–water partition coefficient (Wildman–Crippen LogP) is 1.36. The van der Waals surface area contributed by atoms with Gasteiger partial charge in [-0.2, -0.15) is 0 Å². The van der Waals surface area contributed by atoms with E-state index in [-0.39, 0.29) is 23.7 Å². The second kappa shape index (κ2) is 8.15. The second-order valence-corrected chi connectivity index (χ2v) is 5.35. The van der Waals surface area contributed by atoms with Crippen LogP contribution in [-0.2, 0) is 14.3 Å². The van der Waals surface area contributed by atoms with Crippen molar-refractivity contribution in [2.45, 2.75) is 51.9 Å². The van der Waals surface area contributed by atoms with Crippen molar-refractivity contribution in [3.8, 4) is 0 Å². The van der Waals surface area contributed by atoms with Crippen LogP contribution in [0.3, 0.4) is 0 Å². The van der Waals surface area contributed by atoms with Crippen molar-refractivity contribution in [3.63, 3.8) is 0 Å². The van der Waals surface area contributed by atoms with Gasteiger partial charge in [0.05, 0.1) is 13.0 Å². The first-order valence-electron chi connectivity index (χ1n) is 7.24. The number of nitrogens with two attached hydrogens (primary N) is 1. The standard InChI is InChI=1S/C14H26N2O3/c1-2-19-13(18)6-9-16-12(17)10-14(11-15)7-4-3-5-8-14/h2-11,15H2,1H3,(H,16,17). The zero-order valence-electron chi connectivity index (χ0n) is 11.9. The molecule has 1 aliphatic rings. The Morgan fingerprint density at radius 3 is 2.53 bits per heavy atom. The summed E-state index contributed by atoms with van der Waals surface area (Å²) in [6.07, 6.45) is 6.35. The van der Waals surface area contributed by atoms with Gasteiger partial charge in [0, 0.05) is 13.0 Å². The lowest BCUT2D eigenvalue weighted by Crippen LogP contribution is -2.39. The van der Waals surface area contributed by atoms with E-state index >= 15 is 0 Å². The molecule has 0 radical (unpaired) electrons. The Morgan fingerprint density at radius 2 is 1.95 bits per heavy atom. The Bertz CT molecular complexity index is 299. The lowest BCUT2D eigenvalue weighted by atomic mass is 9.71. The molecule has 0 unspecified atom stereocenters. The number of hydrogen-bond acceptors (Lipinski definition) is 4. The van der Waals surface area contributed by atoms with E-state index in [4.69, 9.17) is 10.5 Å². The number of ether oxygens (including phenoxy) is 1. The maximum absolute atomic E-state index is 11.9. The molecule has 5 heteroatoms. The van der Waals surface area contributed by atoms with Gasteiger partial charge in [-0.25, -0.2) is 0 Å². The topological polar surface area (TPSA) is 81.4 Å². The molecule has 0 spiro atoms. The Morgan fingerprint density at radius 1 is 1.26 bits per heavy atom. The number of esters is 1. The van der Waals surface area contributed by atoms with E-state index in [1.54, 1.807) is 6.92 Å². The van der Waals surface area contributed by atoms with Crippen molar-refractivity contribution in [2.75, 3.05) is 19.7 Å². The number of hydrogen-bond donors (Lipinski definition) is 2. The van der Waals surface area contributed by atoms with Crippen LogP contribution in [0, 0.1) is 5.41 Å². The van der Waals surface area contributed by atoms with Crippen molar-refractivity contribution in [1.29, 1.82) is 0 Å². The lowest BCUT2D eigenvalue weighted by molar-refractivity contribution is -0.143. The van der Waals surface area contributed by atoms with Crippen LogP contribution in [0.5, 0.6) is 0 Å². The molecule has 0 aliphatic heterocycles. The van der Waals surface area contributed by atoms with Crippen LogP contribution in [0.4, 0.5) is 0 Å². The first-order chi connectivity index (χ1) is 9.12. The molecule has 0 saturated heterocycles. The summed E-state index contributed by atoms with van der Waals surface area (Å²) in [4.78, 5) is 23.0. The first-order valence-corrected chi connectivity index (χ1v) is 7.24. The molecule has 0 aromatic rings. The third-order valence-corrected chi connectivity index (χ3v) is 3.84. The van der Waals surface area contributed by atoms with Gasteiger partial charge in [0.2, 0.25) is 5.91 Å². The number of amides is 1. The van der Waals surface area contributed by atoms with Gasteiger partial charge in [0.15, 0.2) is 0 Å². The van der Waals surface area contributed by atoms with Crippen molar-refractivity contribution >= 4 is 11.9 Å². The summed E-state index contributed by atoms with van der Waals surface area (Å²) >= 11 is 0. The lowest BCUT2D eigenvalue weighted by Gasteiger charge is -2.35. The molecule has 1 saturated carbocycles. The van der Waals surface area contributed by atoms with Gasteiger partial charge in [-0.05, 0) is 31.7 Å². The molecule has 1 fully saturated rings. The fraction of sp³-hybridized carbons (Fsp3) is 0.857. The predicted molar refractivity (Wildman–Crippen MR) is 73.4 cm³/mol. The molecule has 1 amide bonds. The van der Waals surface area contributed by atoms with Gasteiger partial charge < -0.3 is 15.8 Å². The molecule has 1 rings (SSSR count). The van der Waals surface area contributed by atoms with Gasteiger partial charge in [0.25, 0.3) is 0 Å². The van der Waals surface area contributed by atoms with Crippen LogP contribution in [0.15, 0.2) is 0 Å². The third-order valence-electron chi connectivity index (χ3n) is 3.84. The summed E-state index contributed by atoms with van der Waals surface area (Å²) in [5.74, 6) is -0.273. The quantitative estimate of drug-likeness (QED) is 0.684. The van der Waals surface area contributed by atoms with E-state index in [0.29, 0.717) is 26.1 Å². The highest BCUT2D eigenvalue weighted by molar-refractivity contribution is 5.77. The number of carbonyl (C=O) groups excluding carboxylic acids is 2. The largest absolute Gasteiger partial charge is 0.466 e. The first kappa shape index (κ1) is 16.0. The summed E-state index contributed by atoms with van der Waals surface area (Å²) in [6, 6.07) is 0. The molecule has 0 atom stereocenters. The van der Waals surface area contributed by atoms with Crippen LogP contribution in [0.2, 0.25) is 0 Å². The fourth-order valence-electron chi connectivity index (χ4n) is 2.70. The van der Waals surface area contributed by atoms with E-state index in [0.717, 1.165) is 25.7 Å². The average Bonchev–Trinajstić information content (AvgIpc) is 2.40. The second-order valence-electron chi connectivity index (χ2n) is 5.35. The Balaban J connectivity index is 2.27. The van der Waals surface area contributed by atoms with Gasteiger partial charge in [-0.3, -0.25) is 9.59 Å². The molecule has 110 valence electrons. The minimum atomic E-state index is -0.269. The van der Waals surface area contributed by atoms with E-state index in [1.807, 2.05) is 0 Å². The average molecular weight is 270 g/mol. The molecule has 19 heavy (non-hydrogen) atoms. The molecule has 0 aromatic heterocycles. The maximum Gasteiger partial charge on any atom is 0.307 e. The van der Waals surface area contributed by atoms with Crippen LogP contribution in [-0.4, -0.2) is 31.6 Å². The highest BCUT2D eigenvalue weighted by atomic mass is 16.5. The van der Waals surface area contributed by atoms with E-state index in [1.165, 1.54) is 6.42 Å². The zero-order chi connectivity index (χ0) is 14.1. The normalized spacial score (nSPS) is 17.8. The van der Waals surface area contributed by atoms with Crippen molar-refractivity contribution in [3.05, 3.63) is 0 Å². The van der Waals surface area contributed by atoms with Gasteiger partial charge in [-0.15, -0.1) is 0 Å². The molecular formula is C14H26N2O3. The summed E-state index contributed by atoms with van der Waals surface area (Å²) < 4.78 is 4.80. The fourth-order valence-corrected chi connectivity index (χ4v) is 2.70. The van der Waals surface area contributed by atoms with Crippen molar-refractivity contribution in [2.24, 2.45) is 11.1 Å². The van der Waals surface area contributed by atoms with Crippen molar-refractivity contribution in [1.82, 2.24) is 5.32 Å². The minimum absolute atomic E-state index is 0.00310.